The van der Waals surface area contributed by atoms with E-state index in [1.54, 1.807) is 12.1 Å². The summed E-state index contributed by atoms with van der Waals surface area (Å²) in [7, 11) is 0. The molecule has 100 valence electrons. The highest BCUT2D eigenvalue weighted by Crippen LogP contribution is 2.32. The number of nitrogens with one attached hydrogen (secondary N) is 1. The van der Waals surface area contributed by atoms with E-state index in [-0.39, 0.29) is 17.3 Å². The van der Waals surface area contributed by atoms with E-state index >= 15 is 0 Å². The van der Waals surface area contributed by atoms with Crippen molar-refractivity contribution < 1.29 is 8.78 Å². The third-order valence-corrected chi connectivity index (χ3v) is 3.74. The standard InChI is InChI=1S/C13H8Cl3F2N/c14-8-4-5-9(15)12(16)7(8)6-19-13-10(17)2-1-3-11(13)18/h1-5,19H,6H2. The Morgan fingerprint density at radius 1 is 0.895 bits per heavy atom. The first-order valence-electron chi connectivity index (χ1n) is 5.31. The van der Waals surface area contributed by atoms with E-state index in [4.69, 9.17) is 34.8 Å². The lowest BCUT2D eigenvalue weighted by atomic mass is 10.2. The second kappa shape index (κ2) is 5.95. The first-order valence-corrected chi connectivity index (χ1v) is 6.44. The molecule has 2 aromatic rings. The number of para-hydroxylation sites is 1. The van der Waals surface area contributed by atoms with Gasteiger partial charge in [0.2, 0.25) is 0 Å². The number of anilines is 1. The quantitative estimate of drug-likeness (QED) is 0.732. The van der Waals surface area contributed by atoms with Crippen LogP contribution in [0, 0.1) is 11.6 Å². The molecule has 1 N–H and O–H groups in total. The summed E-state index contributed by atoms with van der Waals surface area (Å²) in [6.45, 7) is 0.0656. The largest absolute Gasteiger partial charge is 0.376 e. The van der Waals surface area contributed by atoms with Gasteiger partial charge in [-0.25, -0.2) is 8.78 Å². The summed E-state index contributed by atoms with van der Waals surface area (Å²) in [5.74, 6) is -1.37. The van der Waals surface area contributed by atoms with Crippen LogP contribution in [0.1, 0.15) is 5.56 Å². The molecule has 0 aliphatic carbocycles. The molecule has 0 radical (unpaired) electrons. The highest BCUT2D eigenvalue weighted by atomic mass is 35.5. The molecule has 2 aromatic carbocycles. The van der Waals surface area contributed by atoms with Gasteiger partial charge in [0.1, 0.15) is 17.3 Å². The van der Waals surface area contributed by atoms with Crippen molar-refractivity contribution in [1.29, 1.82) is 0 Å². The zero-order valence-electron chi connectivity index (χ0n) is 9.48. The average molecular weight is 323 g/mol. The van der Waals surface area contributed by atoms with Crippen molar-refractivity contribution in [1.82, 2.24) is 0 Å². The first-order chi connectivity index (χ1) is 9.00. The molecule has 0 aliphatic heterocycles. The van der Waals surface area contributed by atoms with E-state index < -0.39 is 11.6 Å². The monoisotopic (exact) mass is 321 g/mol. The van der Waals surface area contributed by atoms with E-state index in [0.717, 1.165) is 12.1 Å². The van der Waals surface area contributed by atoms with Gasteiger partial charge >= 0.3 is 0 Å². The van der Waals surface area contributed by atoms with Gasteiger partial charge in [-0.15, -0.1) is 0 Å². The molecule has 0 spiro atoms. The summed E-state index contributed by atoms with van der Waals surface area (Å²) in [5.41, 5.74) is 0.257. The van der Waals surface area contributed by atoms with Gasteiger partial charge in [-0.2, -0.15) is 0 Å². The lowest BCUT2D eigenvalue weighted by molar-refractivity contribution is 0.588. The zero-order valence-corrected chi connectivity index (χ0v) is 11.8. The van der Waals surface area contributed by atoms with Crippen LogP contribution in [0.4, 0.5) is 14.5 Å². The van der Waals surface area contributed by atoms with Gasteiger partial charge in [-0.1, -0.05) is 40.9 Å². The Labute approximate surface area is 124 Å². The van der Waals surface area contributed by atoms with Crippen molar-refractivity contribution in [3.05, 3.63) is 62.6 Å². The van der Waals surface area contributed by atoms with Crippen LogP contribution in [-0.2, 0) is 6.54 Å². The third-order valence-electron chi connectivity index (χ3n) is 2.54. The van der Waals surface area contributed by atoms with E-state index in [2.05, 4.69) is 5.32 Å². The minimum atomic E-state index is -0.686. The third kappa shape index (κ3) is 3.11. The molecule has 0 saturated heterocycles. The number of hydrogen-bond acceptors (Lipinski definition) is 1. The summed E-state index contributed by atoms with van der Waals surface area (Å²) in [4.78, 5) is 0. The lowest BCUT2D eigenvalue weighted by Crippen LogP contribution is -2.05. The minimum Gasteiger partial charge on any atom is -0.376 e. The highest BCUT2D eigenvalue weighted by Gasteiger charge is 2.12. The average Bonchev–Trinajstić information content (AvgIpc) is 2.37. The van der Waals surface area contributed by atoms with Gasteiger partial charge in [0.05, 0.1) is 10.0 Å². The number of halogens is 5. The van der Waals surface area contributed by atoms with E-state index in [1.807, 2.05) is 0 Å². The fraction of sp³-hybridized carbons (Fsp3) is 0.0769. The molecule has 0 unspecified atom stereocenters. The maximum Gasteiger partial charge on any atom is 0.149 e. The molecule has 0 bridgehead atoms. The molecule has 0 aliphatic rings. The summed E-state index contributed by atoms with van der Waals surface area (Å²) in [6.07, 6.45) is 0. The topological polar surface area (TPSA) is 12.0 Å². The van der Waals surface area contributed by atoms with Crippen LogP contribution < -0.4 is 5.32 Å². The Hall–Kier alpha value is -1.03. The molecule has 0 saturated carbocycles. The number of benzene rings is 2. The van der Waals surface area contributed by atoms with Gasteiger partial charge in [0.25, 0.3) is 0 Å². The number of hydrogen-bond donors (Lipinski definition) is 1. The Bertz CT molecular complexity index is 597. The summed E-state index contributed by atoms with van der Waals surface area (Å²) in [6, 6.07) is 6.73. The Kier molecular flexibility index (Phi) is 4.50. The SMILES string of the molecule is Fc1cccc(F)c1NCc1c(Cl)ccc(Cl)c1Cl. The van der Waals surface area contributed by atoms with Crippen molar-refractivity contribution in [2.24, 2.45) is 0 Å². The molecule has 0 atom stereocenters. The van der Waals surface area contributed by atoms with Gasteiger partial charge in [0, 0.05) is 17.1 Å². The molecule has 19 heavy (non-hydrogen) atoms. The van der Waals surface area contributed by atoms with Gasteiger partial charge < -0.3 is 5.32 Å². The molecular formula is C13H8Cl3F2N. The van der Waals surface area contributed by atoms with E-state index in [9.17, 15) is 8.78 Å². The van der Waals surface area contributed by atoms with Crippen LogP contribution in [0.25, 0.3) is 0 Å². The smallest absolute Gasteiger partial charge is 0.149 e. The highest BCUT2D eigenvalue weighted by molar-refractivity contribution is 6.44. The molecule has 0 fully saturated rings. The van der Waals surface area contributed by atoms with Gasteiger partial charge in [-0.3, -0.25) is 0 Å². The predicted molar refractivity (Wildman–Crippen MR) is 75.2 cm³/mol. The second-order valence-corrected chi connectivity index (χ2v) is 4.96. The fourth-order valence-electron chi connectivity index (χ4n) is 1.57. The molecule has 2 rings (SSSR count). The second-order valence-electron chi connectivity index (χ2n) is 3.77. The minimum absolute atomic E-state index is 0.0656. The number of rotatable bonds is 3. The molecule has 6 heteroatoms. The van der Waals surface area contributed by atoms with E-state index in [1.165, 1.54) is 6.07 Å². The maximum absolute atomic E-state index is 13.4. The van der Waals surface area contributed by atoms with Crippen molar-refractivity contribution in [2.75, 3.05) is 5.32 Å². The fourth-order valence-corrected chi connectivity index (χ4v) is 2.26. The molecule has 0 amide bonds. The van der Waals surface area contributed by atoms with E-state index in [0.29, 0.717) is 15.6 Å². The van der Waals surface area contributed by atoms with Crippen LogP contribution in [-0.4, -0.2) is 0 Å². The van der Waals surface area contributed by atoms with Gasteiger partial charge in [0.15, 0.2) is 0 Å². The Morgan fingerprint density at radius 2 is 1.47 bits per heavy atom. The van der Waals surface area contributed by atoms with Crippen LogP contribution in [0.15, 0.2) is 30.3 Å². The summed E-state index contributed by atoms with van der Waals surface area (Å²) in [5, 5.41) is 3.60. The van der Waals surface area contributed by atoms with Crippen molar-refractivity contribution >= 4 is 40.5 Å². The molecule has 0 aromatic heterocycles. The van der Waals surface area contributed by atoms with Crippen LogP contribution in [0.2, 0.25) is 15.1 Å². The first kappa shape index (κ1) is 14.4. The molecule has 1 nitrogen and oxygen atoms in total. The van der Waals surface area contributed by atoms with Crippen molar-refractivity contribution in [3.63, 3.8) is 0 Å². The Balaban J connectivity index is 2.27. The van der Waals surface area contributed by atoms with Crippen LogP contribution in [0.3, 0.4) is 0 Å². The molecule has 0 heterocycles. The maximum atomic E-state index is 13.4. The Morgan fingerprint density at radius 3 is 2.11 bits per heavy atom. The summed E-state index contributed by atoms with van der Waals surface area (Å²) < 4.78 is 26.9. The van der Waals surface area contributed by atoms with Crippen molar-refractivity contribution in [3.8, 4) is 0 Å². The lowest BCUT2D eigenvalue weighted by Gasteiger charge is -2.12. The zero-order chi connectivity index (χ0) is 14.0. The summed E-state index contributed by atoms with van der Waals surface area (Å²) >= 11 is 17.8. The normalized spacial score (nSPS) is 10.6. The van der Waals surface area contributed by atoms with Crippen LogP contribution in [0.5, 0.6) is 0 Å². The van der Waals surface area contributed by atoms with Gasteiger partial charge in [-0.05, 0) is 24.3 Å². The van der Waals surface area contributed by atoms with Crippen molar-refractivity contribution in [2.45, 2.75) is 6.54 Å². The predicted octanol–water partition coefficient (Wildman–Crippen LogP) is 5.54. The molecular weight excluding hydrogens is 315 g/mol. The van der Waals surface area contributed by atoms with Crippen LogP contribution >= 0.6 is 34.8 Å².